The first-order valence-electron chi connectivity index (χ1n) is 20.8. The van der Waals surface area contributed by atoms with Crippen LogP contribution in [0.25, 0.3) is 0 Å². The molecule has 316 valence electrons. The van der Waals surface area contributed by atoms with Gasteiger partial charge >= 0.3 is 0 Å². The van der Waals surface area contributed by atoms with Gasteiger partial charge in [0.15, 0.2) is 25.6 Å². The maximum absolute atomic E-state index is 7.49. The molecule has 0 radical (unpaired) electrons. The maximum Gasteiger partial charge on any atom is 0.265 e. The van der Waals surface area contributed by atoms with E-state index >= 15 is 0 Å². The van der Waals surface area contributed by atoms with Gasteiger partial charge in [-0.25, -0.2) is 0 Å². The lowest BCUT2D eigenvalue weighted by molar-refractivity contribution is -0.255. The smallest absolute Gasteiger partial charge is 0.265 e. The third kappa shape index (κ3) is 9.54. The zero-order valence-electron chi connectivity index (χ0n) is 35.4. The SMILES string of the molecule is CC(C)(C)[Si](C)(C)O[C@@H]1[C@H]2OCCO[C@]1(c1ccc(OCc3ccccc3)c(OCc3ccccc3)c1)Oc1c(Br)c(OCc3ccccc3)cc(OCc3ccccc3)c12. The first-order valence-corrected chi connectivity index (χ1v) is 24.5. The largest absolute Gasteiger partial charge is 0.488 e. The van der Waals surface area contributed by atoms with Crippen molar-refractivity contribution in [3.8, 4) is 28.7 Å². The first-order chi connectivity index (χ1) is 29.5. The van der Waals surface area contributed by atoms with E-state index in [9.17, 15) is 0 Å². The minimum atomic E-state index is -2.55. The van der Waals surface area contributed by atoms with Crippen LogP contribution in [0.5, 0.6) is 28.7 Å². The highest BCUT2D eigenvalue weighted by atomic mass is 79.9. The van der Waals surface area contributed by atoms with E-state index in [1.807, 2.05) is 146 Å². The van der Waals surface area contributed by atoms with Gasteiger partial charge in [0.05, 0.1) is 18.8 Å². The summed E-state index contributed by atoms with van der Waals surface area (Å²) in [4.78, 5) is 0. The number of halogens is 1. The Balaban J connectivity index is 1.27. The van der Waals surface area contributed by atoms with Crippen molar-refractivity contribution in [1.82, 2.24) is 0 Å². The molecule has 2 heterocycles. The van der Waals surface area contributed by atoms with E-state index < -0.39 is 26.3 Å². The van der Waals surface area contributed by atoms with E-state index in [2.05, 4.69) is 49.8 Å². The predicted octanol–water partition coefficient (Wildman–Crippen LogP) is 12.5. The Morgan fingerprint density at radius 2 is 1.07 bits per heavy atom. The van der Waals surface area contributed by atoms with Crippen molar-refractivity contribution in [2.24, 2.45) is 0 Å². The molecular formula is C51H53BrO8Si. The quantitative estimate of drug-likeness (QED) is 0.0944. The van der Waals surface area contributed by atoms with Crippen LogP contribution in [0.3, 0.4) is 0 Å². The van der Waals surface area contributed by atoms with E-state index in [1.54, 1.807) is 0 Å². The number of hydrogen-bond donors (Lipinski definition) is 0. The first kappa shape index (κ1) is 42.6. The number of benzene rings is 6. The Morgan fingerprint density at radius 3 is 1.57 bits per heavy atom. The van der Waals surface area contributed by atoms with Crippen molar-refractivity contribution in [3.05, 3.63) is 183 Å². The molecule has 0 unspecified atom stereocenters. The minimum absolute atomic E-state index is 0.154. The summed E-state index contributed by atoms with van der Waals surface area (Å²) >= 11 is 3.94. The highest BCUT2D eigenvalue weighted by Crippen LogP contribution is 2.59. The lowest BCUT2D eigenvalue weighted by Crippen LogP contribution is -2.58. The van der Waals surface area contributed by atoms with Crippen LogP contribution < -0.4 is 23.7 Å². The molecule has 0 spiro atoms. The predicted molar refractivity (Wildman–Crippen MR) is 243 cm³/mol. The molecule has 8 nitrogen and oxygen atoms in total. The molecule has 0 amide bonds. The molecule has 10 heteroatoms. The molecule has 6 aromatic rings. The second-order valence-corrected chi connectivity index (χ2v) is 22.4. The monoisotopic (exact) mass is 900 g/mol. The molecule has 8 rings (SSSR count). The van der Waals surface area contributed by atoms with Crippen LogP contribution in [0.2, 0.25) is 18.1 Å². The number of fused-ring (bicyclic) bond motifs is 4. The highest BCUT2D eigenvalue weighted by molar-refractivity contribution is 9.10. The van der Waals surface area contributed by atoms with Gasteiger partial charge in [-0.1, -0.05) is 142 Å². The second kappa shape index (κ2) is 18.5. The Kier molecular flexibility index (Phi) is 12.9. The van der Waals surface area contributed by atoms with E-state index in [0.717, 1.165) is 27.8 Å². The average Bonchev–Trinajstić information content (AvgIpc) is 3.38. The number of hydrogen-bond acceptors (Lipinski definition) is 8. The van der Waals surface area contributed by atoms with Gasteiger partial charge in [0, 0.05) is 11.6 Å². The van der Waals surface area contributed by atoms with E-state index in [4.69, 9.17) is 37.6 Å². The second-order valence-electron chi connectivity index (χ2n) is 16.9. The van der Waals surface area contributed by atoms with Crippen LogP contribution in [0.4, 0.5) is 0 Å². The molecule has 2 aliphatic heterocycles. The van der Waals surface area contributed by atoms with Gasteiger partial charge < -0.3 is 37.6 Å². The summed E-state index contributed by atoms with van der Waals surface area (Å²) in [5.74, 6) is 1.26. The van der Waals surface area contributed by atoms with Crippen LogP contribution in [-0.2, 0) is 46.1 Å². The molecule has 0 aliphatic carbocycles. The van der Waals surface area contributed by atoms with E-state index in [0.29, 0.717) is 71.8 Å². The van der Waals surface area contributed by atoms with E-state index in [1.165, 1.54) is 0 Å². The van der Waals surface area contributed by atoms with Crippen LogP contribution >= 0.6 is 15.9 Å². The lowest BCUT2D eigenvalue weighted by Gasteiger charge is -2.50. The van der Waals surface area contributed by atoms with Gasteiger partial charge in [0.25, 0.3) is 5.79 Å². The van der Waals surface area contributed by atoms with Crippen molar-refractivity contribution in [2.75, 3.05) is 13.2 Å². The Bertz CT molecular complexity index is 2370. The molecule has 0 saturated carbocycles. The zero-order chi connectivity index (χ0) is 42.5. The summed E-state index contributed by atoms with van der Waals surface area (Å²) in [5, 5.41) is -0.154. The van der Waals surface area contributed by atoms with Crippen molar-refractivity contribution < 1.29 is 37.6 Å². The van der Waals surface area contributed by atoms with Crippen molar-refractivity contribution in [3.63, 3.8) is 0 Å². The number of ether oxygens (including phenoxy) is 7. The molecular weight excluding hydrogens is 849 g/mol. The van der Waals surface area contributed by atoms with Gasteiger partial charge in [-0.15, -0.1) is 0 Å². The molecule has 0 aromatic heterocycles. The summed E-state index contributed by atoms with van der Waals surface area (Å²) in [7, 11) is -2.55. The highest BCUT2D eigenvalue weighted by Gasteiger charge is 2.60. The third-order valence-corrected chi connectivity index (χ3v) is 16.8. The summed E-state index contributed by atoms with van der Waals surface area (Å²) in [6, 6.07) is 48.2. The van der Waals surface area contributed by atoms with Gasteiger partial charge in [0.2, 0.25) is 0 Å². The van der Waals surface area contributed by atoms with Crippen LogP contribution in [0.1, 0.15) is 60.3 Å². The van der Waals surface area contributed by atoms with Gasteiger partial charge in [0.1, 0.15) is 54.6 Å². The molecule has 2 bridgehead atoms. The summed E-state index contributed by atoms with van der Waals surface area (Å²) < 4.78 is 55.8. The average molecular weight is 902 g/mol. The molecule has 3 atom stereocenters. The number of rotatable bonds is 15. The Hall–Kier alpha value is -5.10. The van der Waals surface area contributed by atoms with Crippen LogP contribution in [0, 0.1) is 0 Å². The van der Waals surface area contributed by atoms with Crippen molar-refractivity contribution in [1.29, 1.82) is 0 Å². The zero-order valence-corrected chi connectivity index (χ0v) is 38.0. The van der Waals surface area contributed by atoms with Gasteiger partial charge in [-0.05, 0) is 74.5 Å². The molecule has 61 heavy (non-hydrogen) atoms. The Labute approximate surface area is 368 Å². The Morgan fingerprint density at radius 1 is 0.590 bits per heavy atom. The van der Waals surface area contributed by atoms with Crippen LogP contribution in [-0.4, -0.2) is 27.6 Å². The summed E-state index contributed by atoms with van der Waals surface area (Å²) in [6.45, 7) is 13.0. The fourth-order valence-electron chi connectivity index (χ4n) is 7.25. The third-order valence-electron chi connectivity index (χ3n) is 11.6. The topological polar surface area (TPSA) is 73.8 Å². The van der Waals surface area contributed by atoms with Crippen LogP contribution in [0.15, 0.2) is 150 Å². The van der Waals surface area contributed by atoms with Gasteiger partial charge in [-0.2, -0.15) is 0 Å². The summed E-state index contributed by atoms with van der Waals surface area (Å²) in [5.41, 5.74) is 5.54. The van der Waals surface area contributed by atoms with Crippen molar-refractivity contribution in [2.45, 2.75) is 83.3 Å². The fraction of sp³-hybridized carbons (Fsp3) is 0.294. The lowest BCUT2D eigenvalue weighted by atomic mass is 9.88. The molecule has 1 fully saturated rings. The fourth-order valence-corrected chi connectivity index (χ4v) is 9.04. The van der Waals surface area contributed by atoms with Crippen molar-refractivity contribution >= 4 is 24.2 Å². The molecule has 1 saturated heterocycles. The van der Waals surface area contributed by atoms with E-state index in [-0.39, 0.29) is 11.6 Å². The maximum atomic E-state index is 7.49. The normalized spacial score (nSPS) is 18.6. The molecule has 0 N–H and O–H groups in total. The molecule has 2 aliphatic rings. The summed E-state index contributed by atoms with van der Waals surface area (Å²) in [6.07, 6.45) is -1.42. The standard InChI is InChI=1S/C51H53BrO8Si/c1-50(2,3)61(4,5)60-49-48-45-43(56-34-38-22-14-8-15-23-38)31-44(57-35-39-24-16-9-17-25-39)46(52)47(45)59-51(49,58-29-28-53-48)40-26-27-41(54-32-36-18-10-6-11-19-36)42(30-40)55-33-37-20-12-7-13-21-37/h6-27,30-31,48-49H,28-29,32-35H2,1-5H3/t48-,49+,51+/m0/s1. The van der Waals surface area contributed by atoms with Gasteiger partial charge in [-0.3, -0.25) is 0 Å². The molecule has 6 aromatic carbocycles. The minimum Gasteiger partial charge on any atom is -0.488 e.